The summed E-state index contributed by atoms with van der Waals surface area (Å²) >= 11 is 0. The van der Waals surface area contributed by atoms with Crippen LogP contribution in [0.2, 0.25) is 0 Å². The lowest BCUT2D eigenvalue weighted by Gasteiger charge is -2.08. The van der Waals surface area contributed by atoms with Crippen molar-refractivity contribution in [3.8, 4) is 0 Å². The molecule has 0 aliphatic heterocycles. The Balaban J connectivity index is 2.36. The van der Waals surface area contributed by atoms with Crippen molar-refractivity contribution in [2.24, 2.45) is 0 Å². The molecule has 0 aliphatic carbocycles. The molecule has 6 nitrogen and oxygen atoms in total. The molecule has 1 amide bonds. The lowest BCUT2D eigenvalue weighted by molar-refractivity contribution is -0.384. The Bertz CT molecular complexity index is 704. The number of hydrogen-bond acceptors (Lipinski definition) is 4. The number of anilines is 2. The fourth-order valence-electron chi connectivity index (χ4n) is 1.81. The Kier molecular flexibility index (Phi) is 4.13. The highest BCUT2D eigenvalue weighted by Gasteiger charge is 2.15. The predicted molar refractivity (Wildman–Crippen MR) is 76.2 cm³/mol. The van der Waals surface area contributed by atoms with Gasteiger partial charge in [-0.05, 0) is 24.3 Å². The predicted octanol–water partition coefficient (Wildman–Crippen LogP) is 2.84. The molecule has 0 aliphatic rings. The van der Waals surface area contributed by atoms with E-state index in [1.807, 2.05) is 0 Å². The van der Waals surface area contributed by atoms with Gasteiger partial charge in [0.25, 0.3) is 11.6 Å². The monoisotopic (exact) mass is 289 g/mol. The number of amides is 1. The minimum atomic E-state index is -0.607. The summed E-state index contributed by atoms with van der Waals surface area (Å²) in [7, 11) is 1.50. The summed E-state index contributed by atoms with van der Waals surface area (Å²) in [5.41, 5.74) is 0.613. The van der Waals surface area contributed by atoms with E-state index in [9.17, 15) is 19.3 Å². The molecule has 21 heavy (non-hydrogen) atoms. The number of nitro groups is 1. The van der Waals surface area contributed by atoms with Gasteiger partial charge in [-0.3, -0.25) is 14.9 Å². The quantitative estimate of drug-likeness (QED) is 0.669. The third kappa shape index (κ3) is 3.33. The van der Waals surface area contributed by atoms with Crippen LogP contribution in [0.5, 0.6) is 0 Å². The highest BCUT2D eigenvalue weighted by atomic mass is 19.1. The molecule has 108 valence electrons. The van der Waals surface area contributed by atoms with E-state index in [0.717, 1.165) is 18.2 Å². The molecule has 2 N–H and O–H groups in total. The van der Waals surface area contributed by atoms with Crippen LogP contribution in [0.15, 0.2) is 42.5 Å². The van der Waals surface area contributed by atoms with Gasteiger partial charge >= 0.3 is 0 Å². The first kappa shape index (κ1) is 14.4. The van der Waals surface area contributed by atoms with Crippen LogP contribution in [0, 0.1) is 15.9 Å². The van der Waals surface area contributed by atoms with Crippen LogP contribution in [0.1, 0.15) is 10.4 Å². The summed E-state index contributed by atoms with van der Waals surface area (Å²) in [6.07, 6.45) is 0. The molecule has 2 aromatic carbocycles. The topological polar surface area (TPSA) is 84.3 Å². The summed E-state index contributed by atoms with van der Waals surface area (Å²) in [5.74, 6) is -0.877. The molecule has 0 unspecified atom stereocenters. The summed E-state index contributed by atoms with van der Waals surface area (Å²) in [5, 5.41) is 16.2. The van der Waals surface area contributed by atoms with Crippen LogP contribution in [-0.2, 0) is 0 Å². The van der Waals surface area contributed by atoms with E-state index in [4.69, 9.17) is 0 Å². The van der Waals surface area contributed by atoms with E-state index in [0.29, 0.717) is 11.3 Å². The number of nitrogens with zero attached hydrogens (tertiary/aromatic N) is 1. The average Bonchev–Trinajstić information content (AvgIpc) is 2.46. The number of nitrogens with one attached hydrogen (secondary N) is 2. The van der Waals surface area contributed by atoms with Gasteiger partial charge in [-0.2, -0.15) is 0 Å². The summed E-state index contributed by atoms with van der Waals surface area (Å²) in [6.45, 7) is 0. The Morgan fingerprint density at radius 2 is 2.00 bits per heavy atom. The molecule has 0 heterocycles. The van der Waals surface area contributed by atoms with E-state index < -0.39 is 10.7 Å². The second-order valence-corrected chi connectivity index (χ2v) is 4.20. The van der Waals surface area contributed by atoms with Crippen molar-refractivity contribution in [3.05, 3.63) is 64.0 Å². The standard InChI is InChI=1S/C14H12FN3O3/c1-16-14(19)9-3-2-4-11(7-9)17-12-8-10(15)5-6-13(12)18(20)21/h2-8,17H,1H3,(H,16,19). The average molecular weight is 289 g/mol. The van der Waals surface area contributed by atoms with Crippen molar-refractivity contribution >= 4 is 23.0 Å². The Morgan fingerprint density at radius 1 is 1.24 bits per heavy atom. The van der Waals surface area contributed by atoms with Gasteiger partial charge in [0.2, 0.25) is 0 Å². The van der Waals surface area contributed by atoms with Gasteiger partial charge in [0.15, 0.2) is 0 Å². The first-order valence-corrected chi connectivity index (χ1v) is 6.04. The maximum Gasteiger partial charge on any atom is 0.292 e. The number of carbonyl (C=O) groups is 1. The van der Waals surface area contributed by atoms with Gasteiger partial charge in [0, 0.05) is 30.4 Å². The number of carbonyl (C=O) groups excluding carboxylic acids is 1. The van der Waals surface area contributed by atoms with Gasteiger partial charge in [-0.15, -0.1) is 0 Å². The van der Waals surface area contributed by atoms with Crippen LogP contribution in [-0.4, -0.2) is 17.9 Å². The molecule has 0 spiro atoms. The normalized spacial score (nSPS) is 10.0. The smallest absolute Gasteiger partial charge is 0.292 e. The van der Waals surface area contributed by atoms with Crippen molar-refractivity contribution in [2.75, 3.05) is 12.4 Å². The van der Waals surface area contributed by atoms with E-state index >= 15 is 0 Å². The van der Waals surface area contributed by atoms with Crippen molar-refractivity contribution < 1.29 is 14.1 Å². The molecule has 0 radical (unpaired) electrons. The van der Waals surface area contributed by atoms with Crippen LogP contribution in [0.3, 0.4) is 0 Å². The van der Waals surface area contributed by atoms with Gasteiger partial charge in [0.1, 0.15) is 11.5 Å². The second kappa shape index (κ2) is 6.00. The second-order valence-electron chi connectivity index (χ2n) is 4.20. The molecular weight excluding hydrogens is 277 g/mol. The van der Waals surface area contributed by atoms with E-state index in [-0.39, 0.29) is 17.3 Å². The zero-order chi connectivity index (χ0) is 15.4. The highest BCUT2D eigenvalue weighted by Crippen LogP contribution is 2.28. The third-order valence-electron chi connectivity index (χ3n) is 2.79. The summed E-state index contributed by atoms with van der Waals surface area (Å²) in [4.78, 5) is 21.9. The SMILES string of the molecule is CNC(=O)c1cccc(Nc2cc(F)ccc2[N+](=O)[O-])c1. The highest BCUT2D eigenvalue weighted by molar-refractivity contribution is 5.95. The van der Waals surface area contributed by atoms with Gasteiger partial charge in [-0.25, -0.2) is 4.39 Å². The van der Waals surface area contributed by atoms with E-state index in [2.05, 4.69) is 10.6 Å². The molecule has 7 heteroatoms. The lowest BCUT2D eigenvalue weighted by Crippen LogP contribution is -2.17. The summed E-state index contributed by atoms with van der Waals surface area (Å²) in [6, 6.07) is 9.51. The molecule has 0 saturated heterocycles. The van der Waals surface area contributed by atoms with E-state index in [1.165, 1.54) is 13.1 Å². The molecule has 0 aromatic heterocycles. The fourth-order valence-corrected chi connectivity index (χ4v) is 1.81. The zero-order valence-electron chi connectivity index (χ0n) is 11.1. The minimum absolute atomic E-state index is 0.0223. The first-order chi connectivity index (χ1) is 10.0. The van der Waals surface area contributed by atoms with Crippen LogP contribution in [0.25, 0.3) is 0 Å². The maximum absolute atomic E-state index is 13.2. The molecule has 0 atom stereocenters. The minimum Gasteiger partial charge on any atom is -0.355 e. The molecular formula is C14H12FN3O3. The largest absolute Gasteiger partial charge is 0.355 e. The molecule has 0 bridgehead atoms. The van der Waals surface area contributed by atoms with Crippen LogP contribution < -0.4 is 10.6 Å². The zero-order valence-corrected chi connectivity index (χ0v) is 11.1. The number of benzene rings is 2. The third-order valence-corrected chi connectivity index (χ3v) is 2.79. The van der Waals surface area contributed by atoms with Gasteiger partial charge < -0.3 is 10.6 Å². The Morgan fingerprint density at radius 3 is 2.67 bits per heavy atom. The van der Waals surface area contributed by atoms with Gasteiger partial charge in [-0.1, -0.05) is 6.07 Å². The Hall–Kier alpha value is -2.96. The molecule has 0 fully saturated rings. The number of hydrogen-bond donors (Lipinski definition) is 2. The van der Waals surface area contributed by atoms with Crippen LogP contribution in [0.4, 0.5) is 21.5 Å². The lowest BCUT2D eigenvalue weighted by atomic mass is 10.1. The molecule has 2 aromatic rings. The number of halogens is 1. The van der Waals surface area contributed by atoms with E-state index in [1.54, 1.807) is 18.2 Å². The van der Waals surface area contributed by atoms with Crippen molar-refractivity contribution in [3.63, 3.8) is 0 Å². The first-order valence-electron chi connectivity index (χ1n) is 6.04. The number of nitro benzene ring substituents is 1. The van der Waals surface area contributed by atoms with Crippen molar-refractivity contribution in [1.29, 1.82) is 0 Å². The van der Waals surface area contributed by atoms with Crippen molar-refractivity contribution in [2.45, 2.75) is 0 Å². The maximum atomic E-state index is 13.2. The fraction of sp³-hybridized carbons (Fsp3) is 0.0714. The van der Waals surface area contributed by atoms with Crippen LogP contribution >= 0.6 is 0 Å². The molecule has 0 saturated carbocycles. The van der Waals surface area contributed by atoms with Gasteiger partial charge in [0.05, 0.1) is 4.92 Å². The molecule has 2 rings (SSSR count). The summed E-state index contributed by atoms with van der Waals surface area (Å²) < 4.78 is 13.2. The van der Waals surface area contributed by atoms with Crippen molar-refractivity contribution in [1.82, 2.24) is 5.32 Å². The Labute approximate surface area is 119 Å². The number of rotatable bonds is 4.